The summed E-state index contributed by atoms with van der Waals surface area (Å²) < 4.78 is 4.92. The first-order valence-electron chi connectivity index (χ1n) is 5.61. The van der Waals surface area contributed by atoms with E-state index in [-0.39, 0.29) is 11.1 Å². The van der Waals surface area contributed by atoms with E-state index in [1.807, 2.05) is 0 Å². The van der Waals surface area contributed by atoms with Crippen LogP contribution in [0.25, 0.3) is 0 Å². The van der Waals surface area contributed by atoms with E-state index in [2.05, 4.69) is 4.90 Å². The van der Waals surface area contributed by atoms with Crippen molar-refractivity contribution < 1.29 is 9.21 Å². The van der Waals surface area contributed by atoms with Crippen molar-refractivity contribution in [3.63, 3.8) is 0 Å². The van der Waals surface area contributed by atoms with Crippen LogP contribution in [0.15, 0.2) is 16.7 Å². The van der Waals surface area contributed by atoms with Gasteiger partial charge in [0.1, 0.15) is 0 Å². The van der Waals surface area contributed by atoms with Gasteiger partial charge in [-0.15, -0.1) is 0 Å². The van der Waals surface area contributed by atoms with Crippen molar-refractivity contribution in [1.82, 2.24) is 9.80 Å². The van der Waals surface area contributed by atoms with Crippen molar-refractivity contribution in [2.75, 3.05) is 32.7 Å². The van der Waals surface area contributed by atoms with Gasteiger partial charge in [-0.3, -0.25) is 9.69 Å². The number of halogens is 1. The number of thiocarbonyl (C=S) groups is 1. The molecule has 5 nitrogen and oxygen atoms in total. The quantitative estimate of drug-likeness (QED) is 0.840. The number of carbonyl (C=O) groups is 1. The Morgan fingerprint density at radius 1 is 1.44 bits per heavy atom. The first-order valence-corrected chi connectivity index (χ1v) is 6.39. The molecule has 2 N–H and O–H groups in total. The van der Waals surface area contributed by atoms with Gasteiger partial charge in [0.2, 0.25) is 5.22 Å². The third-order valence-electron chi connectivity index (χ3n) is 2.89. The fourth-order valence-electron chi connectivity index (χ4n) is 1.95. The lowest BCUT2D eigenvalue weighted by Gasteiger charge is -2.34. The first kappa shape index (κ1) is 13.3. The molecule has 1 aromatic rings. The maximum atomic E-state index is 12.1. The van der Waals surface area contributed by atoms with Gasteiger partial charge < -0.3 is 15.1 Å². The Balaban J connectivity index is 1.92. The van der Waals surface area contributed by atoms with Crippen LogP contribution in [-0.4, -0.2) is 53.4 Å². The molecule has 1 aliphatic heterocycles. The van der Waals surface area contributed by atoms with Crippen LogP contribution in [0.4, 0.5) is 0 Å². The smallest absolute Gasteiger partial charge is 0.258 e. The highest BCUT2D eigenvalue weighted by molar-refractivity contribution is 7.80. The minimum atomic E-state index is -0.0938. The van der Waals surface area contributed by atoms with E-state index in [1.165, 1.54) is 6.26 Å². The minimum Gasteiger partial charge on any atom is -0.452 e. The number of rotatable bonds is 3. The molecule has 0 spiro atoms. The molecule has 0 bridgehead atoms. The van der Waals surface area contributed by atoms with Crippen molar-refractivity contribution in [1.29, 1.82) is 0 Å². The van der Waals surface area contributed by atoms with Gasteiger partial charge in [-0.2, -0.15) is 0 Å². The molecule has 98 valence electrons. The summed E-state index contributed by atoms with van der Waals surface area (Å²) >= 11 is 10.7. The van der Waals surface area contributed by atoms with Gasteiger partial charge in [0.05, 0.1) is 16.8 Å². The number of amides is 1. The zero-order valence-corrected chi connectivity index (χ0v) is 11.3. The van der Waals surface area contributed by atoms with Crippen molar-refractivity contribution in [3.05, 3.63) is 23.1 Å². The van der Waals surface area contributed by atoms with Crippen LogP contribution in [-0.2, 0) is 0 Å². The van der Waals surface area contributed by atoms with Crippen LogP contribution in [0.5, 0.6) is 0 Å². The van der Waals surface area contributed by atoms with Crippen molar-refractivity contribution >= 4 is 34.7 Å². The van der Waals surface area contributed by atoms with Gasteiger partial charge in [-0.25, -0.2) is 0 Å². The van der Waals surface area contributed by atoms with Crippen LogP contribution < -0.4 is 5.73 Å². The van der Waals surface area contributed by atoms with Crippen LogP contribution in [0, 0.1) is 0 Å². The summed E-state index contributed by atoms with van der Waals surface area (Å²) in [6, 6.07) is 1.59. The topological polar surface area (TPSA) is 62.7 Å². The molecular formula is C11H14ClN3O2S. The summed E-state index contributed by atoms with van der Waals surface area (Å²) in [7, 11) is 0. The normalized spacial score (nSPS) is 16.8. The molecule has 0 atom stereocenters. The van der Waals surface area contributed by atoms with Crippen LogP contribution in [0.3, 0.4) is 0 Å². The third-order valence-corrected chi connectivity index (χ3v) is 3.31. The number of hydrogen-bond donors (Lipinski definition) is 1. The standard InChI is InChI=1S/C11H14ClN3O2S/c12-10-8(1-6-17-10)11(16)15-4-2-14(3-5-15)7-9(13)18/h1,6H,2-5,7H2,(H2,13,18). The molecule has 0 unspecified atom stereocenters. The predicted molar refractivity (Wildman–Crippen MR) is 72.8 cm³/mol. The van der Waals surface area contributed by atoms with Gasteiger partial charge in [0, 0.05) is 32.7 Å². The molecule has 2 heterocycles. The SMILES string of the molecule is NC(=S)CN1CCN(C(=O)c2ccoc2Cl)CC1. The molecular weight excluding hydrogens is 274 g/mol. The average molecular weight is 288 g/mol. The lowest BCUT2D eigenvalue weighted by Crippen LogP contribution is -2.50. The number of nitrogens with zero attached hydrogens (tertiary/aromatic N) is 2. The summed E-state index contributed by atoms with van der Waals surface area (Å²) in [5, 5.41) is 0.144. The molecule has 1 aromatic heterocycles. The van der Waals surface area contributed by atoms with E-state index < -0.39 is 0 Å². The second-order valence-corrected chi connectivity index (χ2v) is 5.01. The molecule has 2 rings (SSSR count). The van der Waals surface area contributed by atoms with Gasteiger partial charge in [0.15, 0.2) is 0 Å². The van der Waals surface area contributed by atoms with Gasteiger partial charge in [-0.05, 0) is 17.7 Å². The Kier molecular flexibility index (Phi) is 4.21. The number of carbonyl (C=O) groups excluding carboxylic acids is 1. The van der Waals surface area contributed by atoms with E-state index in [0.717, 1.165) is 13.1 Å². The van der Waals surface area contributed by atoms with Gasteiger partial charge in [-0.1, -0.05) is 12.2 Å². The molecule has 1 saturated heterocycles. The molecule has 18 heavy (non-hydrogen) atoms. The number of furan rings is 1. The second-order valence-electron chi connectivity index (χ2n) is 4.14. The number of piperazine rings is 1. The second kappa shape index (κ2) is 5.69. The summed E-state index contributed by atoms with van der Waals surface area (Å²) in [6.45, 7) is 3.41. The maximum absolute atomic E-state index is 12.1. The molecule has 1 aliphatic rings. The molecule has 0 aromatic carbocycles. The highest BCUT2D eigenvalue weighted by atomic mass is 35.5. The largest absolute Gasteiger partial charge is 0.452 e. The fourth-order valence-corrected chi connectivity index (χ4v) is 2.32. The number of hydrogen-bond acceptors (Lipinski definition) is 4. The first-order chi connectivity index (χ1) is 8.58. The highest BCUT2D eigenvalue weighted by Crippen LogP contribution is 2.19. The lowest BCUT2D eigenvalue weighted by molar-refractivity contribution is 0.0654. The zero-order valence-electron chi connectivity index (χ0n) is 9.76. The molecule has 7 heteroatoms. The maximum Gasteiger partial charge on any atom is 0.258 e. The Morgan fingerprint density at radius 3 is 2.61 bits per heavy atom. The lowest BCUT2D eigenvalue weighted by atomic mass is 10.2. The predicted octanol–water partition coefficient (Wildman–Crippen LogP) is 0.977. The monoisotopic (exact) mass is 287 g/mol. The zero-order chi connectivity index (χ0) is 13.1. The Morgan fingerprint density at radius 2 is 2.11 bits per heavy atom. The highest BCUT2D eigenvalue weighted by Gasteiger charge is 2.24. The van der Waals surface area contributed by atoms with Crippen LogP contribution >= 0.6 is 23.8 Å². The van der Waals surface area contributed by atoms with Crippen LogP contribution in [0.1, 0.15) is 10.4 Å². The third kappa shape index (κ3) is 3.01. The van der Waals surface area contributed by atoms with E-state index in [9.17, 15) is 4.79 Å². The van der Waals surface area contributed by atoms with Gasteiger partial charge in [0.25, 0.3) is 5.91 Å². The molecule has 1 fully saturated rings. The molecule has 0 aliphatic carbocycles. The Hall–Kier alpha value is -1.11. The summed E-state index contributed by atoms with van der Waals surface area (Å²) in [5.74, 6) is -0.0938. The van der Waals surface area contributed by atoms with Crippen molar-refractivity contribution in [3.8, 4) is 0 Å². The van der Waals surface area contributed by atoms with Crippen molar-refractivity contribution in [2.24, 2.45) is 5.73 Å². The minimum absolute atomic E-state index is 0.0938. The van der Waals surface area contributed by atoms with Crippen LogP contribution in [0.2, 0.25) is 5.22 Å². The van der Waals surface area contributed by atoms with E-state index in [4.69, 9.17) is 34.0 Å². The Labute approximate surface area is 115 Å². The summed E-state index contributed by atoms with van der Waals surface area (Å²) in [4.78, 5) is 16.5. The summed E-state index contributed by atoms with van der Waals surface area (Å²) in [5.41, 5.74) is 5.91. The van der Waals surface area contributed by atoms with E-state index in [0.29, 0.717) is 30.2 Å². The van der Waals surface area contributed by atoms with Gasteiger partial charge >= 0.3 is 0 Å². The summed E-state index contributed by atoms with van der Waals surface area (Å²) in [6.07, 6.45) is 1.42. The average Bonchev–Trinajstić information content (AvgIpc) is 2.75. The molecule has 1 amide bonds. The fraction of sp³-hybridized carbons (Fsp3) is 0.455. The number of nitrogens with two attached hydrogens (primary N) is 1. The van der Waals surface area contributed by atoms with Crippen molar-refractivity contribution in [2.45, 2.75) is 0 Å². The molecule has 0 radical (unpaired) electrons. The Bertz CT molecular complexity index is 455. The molecule has 0 saturated carbocycles. The van der Waals surface area contributed by atoms with E-state index in [1.54, 1.807) is 11.0 Å². The van der Waals surface area contributed by atoms with E-state index >= 15 is 0 Å².